The van der Waals surface area contributed by atoms with Gasteiger partial charge in [-0.25, -0.2) is 0 Å². The van der Waals surface area contributed by atoms with Crippen LogP contribution in [-0.4, -0.2) is 22.2 Å². The van der Waals surface area contributed by atoms with E-state index in [1.807, 2.05) is 6.20 Å². The van der Waals surface area contributed by atoms with Crippen molar-refractivity contribution < 1.29 is 9.53 Å². The van der Waals surface area contributed by atoms with Crippen LogP contribution in [0.3, 0.4) is 0 Å². The zero-order valence-corrected chi connectivity index (χ0v) is 14.2. The molecule has 0 saturated heterocycles. The van der Waals surface area contributed by atoms with E-state index >= 15 is 0 Å². The summed E-state index contributed by atoms with van der Waals surface area (Å²) in [6.45, 7) is 0.754. The number of hydrogen-bond acceptors (Lipinski definition) is 3. The highest BCUT2D eigenvalue weighted by atomic mass is 32.1. The van der Waals surface area contributed by atoms with Crippen LogP contribution in [0, 0.1) is 4.77 Å². The molecule has 0 bridgehead atoms. The van der Waals surface area contributed by atoms with Gasteiger partial charge >= 0.3 is 5.97 Å². The fourth-order valence-corrected chi connectivity index (χ4v) is 3.65. The molecule has 0 radical (unpaired) electrons. The van der Waals surface area contributed by atoms with E-state index in [0.29, 0.717) is 12.5 Å². The third-order valence-corrected chi connectivity index (χ3v) is 5.04. The molecule has 1 atom stereocenters. The van der Waals surface area contributed by atoms with E-state index < -0.39 is 0 Å². The molecule has 3 rings (SSSR count). The Morgan fingerprint density at radius 1 is 1.30 bits per heavy atom. The minimum atomic E-state index is -0.167. The van der Waals surface area contributed by atoms with Crippen molar-refractivity contribution in [2.75, 3.05) is 7.11 Å². The number of rotatable bonds is 5. The number of esters is 1. The van der Waals surface area contributed by atoms with E-state index in [-0.39, 0.29) is 5.97 Å². The van der Waals surface area contributed by atoms with Crippen molar-refractivity contribution >= 4 is 18.2 Å². The Morgan fingerprint density at radius 3 is 2.87 bits per heavy atom. The molecule has 122 valence electrons. The first kappa shape index (κ1) is 16.0. The van der Waals surface area contributed by atoms with Gasteiger partial charge in [0.1, 0.15) is 0 Å². The molecular formula is C18H22N2O2S. The predicted molar refractivity (Wildman–Crippen MR) is 92.0 cm³/mol. The average molecular weight is 330 g/mol. The number of imidazole rings is 1. The third kappa shape index (κ3) is 3.55. The minimum absolute atomic E-state index is 0.167. The molecule has 1 unspecified atom stereocenters. The SMILES string of the molecule is COC(=O)CCCn1ccn(C2CCc3ccccc3C2)c1=S. The van der Waals surface area contributed by atoms with Gasteiger partial charge in [-0.15, -0.1) is 0 Å². The molecule has 1 aliphatic carbocycles. The smallest absolute Gasteiger partial charge is 0.305 e. The lowest BCUT2D eigenvalue weighted by atomic mass is 9.88. The zero-order chi connectivity index (χ0) is 16.2. The number of methoxy groups -OCH3 is 1. The molecule has 0 amide bonds. The van der Waals surface area contributed by atoms with Gasteiger partial charge in [0, 0.05) is 31.4 Å². The van der Waals surface area contributed by atoms with Gasteiger partial charge in [0.05, 0.1) is 7.11 Å². The van der Waals surface area contributed by atoms with Crippen molar-refractivity contribution in [1.82, 2.24) is 9.13 Å². The van der Waals surface area contributed by atoms with E-state index in [9.17, 15) is 4.79 Å². The number of carbonyl (C=O) groups excluding carboxylic acids is 1. The van der Waals surface area contributed by atoms with Crippen molar-refractivity contribution in [3.8, 4) is 0 Å². The lowest BCUT2D eigenvalue weighted by molar-refractivity contribution is -0.140. The molecule has 0 fully saturated rings. The maximum atomic E-state index is 11.2. The van der Waals surface area contributed by atoms with E-state index in [4.69, 9.17) is 12.2 Å². The molecule has 1 aromatic heterocycles. The van der Waals surface area contributed by atoms with Crippen LogP contribution in [0.25, 0.3) is 0 Å². The van der Waals surface area contributed by atoms with Crippen LogP contribution in [-0.2, 0) is 28.9 Å². The van der Waals surface area contributed by atoms with Crippen molar-refractivity contribution in [3.05, 3.63) is 52.6 Å². The standard InChI is InChI=1S/C18H22N2O2S/c1-22-17(21)7-4-10-19-11-12-20(18(19)23)16-9-8-14-5-2-3-6-15(14)13-16/h2-3,5-6,11-12,16H,4,7-10,13H2,1H3. The number of aromatic nitrogens is 2. The molecule has 0 saturated carbocycles. The van der Waals surface area contributed by atoms with Gasteiger partial charge in [0.25, 0.3) is 0 Å². The number of ether oxygens (including phenoxy) is 1. The molecule has 23 heavy (non-hydrogen) atoms. The third-order valence-electron chi connectivity index (χ3n) is 4.60. The summed E-state index contributed by atoms with van der Waals surface area (Å²) in [6.07, 6.45) is 8.56. The Hall–Kier alpha value is -1.88. The number of fused-ring (bicyclic) bond motifs is 1. The summed E-state index contributed by atoms with van der Waals surface area (Å²) >= 11 is 5.62. The number of nitrogens with zero attached hydrogens (tertiary/aromatic N) is 2. The summed E-state index contributed by atoms with van der Waals surface area (Å²) in [5.74, 6) is -0.167. The maximum Gasteiger partial charge on any atom is 0.305 e. The molecule has 5 heteroatoms. The molecule has 1 aliphatic rings. The summed E-state index contributed by atoms with van der Waals surface area (Å²) in [7, 11) is 1.42. The Kier molecular flexibility index (Phi) is 4.96. The Balaban J connectivity index is 1.68. The van der Waals surface area contributed by atoms with E-state index in [0.717, 1.165) is 37.0 Å². The monoisotopic (exact) mass is 330 g/mol. The van der Waals surface area contributed by atoms with Crippen LogP contribution in [0.15, 0.2) is 36.7 Å². The van der Waals surface area contributed by atoms with E-state index in [2.05, 4.69) is 44.3 Å². The summed E-state index contributed by atoms with van der Waals surface area (Å²) in [5, 5.41) is 0. The Labute approximate surface area is 141 Å². The van der Waals surface area contributed by atoms with Gasteiger partial charge in [-0.05, 0) is 49.0 Å². The summed E-state index contributed by atoms with van der Waals surface area (Å²) in [4.78, 5) is 11.2. The van der Waals surface area contributed by atoms with Crippen molar-refractivity contribution in [1.29, 1.82) is 0 Å². The highest BCUT2D eigenvalue weighted by molar-refractivity contribution is 7.71. The van der Waals surface area contributed by atoms with E-state index in [1.165, 1.54) is 18.2 Å². The van der Waals surface area contributed by atoms with Crippen LogP contribution >= 0.6 is 12.2 Å². The first-order chi connectivity index (χ1) is 11.2. The van der Waals surface area contributed by atoms with Crippen molar-refractivity contribution in [2.24, 2.45) is 0 Å². The second-order valence-electron chi connectivity index (χ2n) is 6.03. The fourth-order valence-electron chi connectivity index (χ4n) is 3.29. The quantitative estimate of drug-likeness (QED) is 0.619. The highest BCUT2D eigenvalue weighted by Crippen LogP contribution is 2.29. The molecule has 0 N–H and O–H groups in total. The molecule has 0 aliphatic heterocycles. The van der Waals surface area contributed by atoms with E-state index in [1.54, 1.807) is 0 Å². The summed E-state index contributed by atoms with van der Waals surface area (Å²) in [5.41, 5.74) is 2.90. The number of benzene rings is 1. The van der Waals surface area contributed by atoms with Crippen molar-refractivity contribution in [2.45, 2.75) is 44.7 Å². The van der Waals surface area contributed by atoms with Crippen LogP contribution in [0.1, 0.15) is 36.4 Å². The fraction of sp³-hybridized carbons (Fsp3) is 0.444. The Bertz CT molecular complexity index is 747. The summed E-state index contributed by atoms with van der Waals surface area (Å²) < 4.78 is 9.79. The highest BCUT2D eigenvalue weighted by Gasteiger charge is 2.20. The second-order valence-corrected chi connectivity index (χ2v) is 6.39. The van der Waals surface area contributed by atoms with Gasteiger partial charge < -0.3 is 13.9 Å². The Morgan fingerprint density at radius 2 is 2.09 bits per heavy atom. The molecule has 4 nitrogen and oxygen atoms in total. The van der Waals surface area contributed by atoms with Crippen LogP contribution in [0.2, 0.25) is 0 Å². The molecule has 1 heterocycles. The van der Waals surface area contributed by atoms with Crippen LogP contribution < -0.4 is 0 Å². The minimum Gasteiger partial charge on any atom is -0.469 e. The van der Waals surface area contributed by atoms with Gasteiger partial charge in [0.15, 0.2) is 4.77 Å². The summed E-state index contributed by atoms with van der Waals surface area (Å²) in [6, 6.07) is 9.10. The molecule has 1 aromatic carbocycles. The van der Waals surface area contributed by atoms with Crippen LogP contribution in [0.5, 0.6) is 0 Å². The van der Waals surface area contributed by atoms with Gasteiger partial charge in [-0.3, -0.25) is 4.79 Å². The number of hydrogen-bond donors (Lipinski definition) is 0. The first-order valence-electron chi connectivity index (χ1n) is 8.10. The predicted octanol–water partition coefficient (Wildman–Crippen LogP) is 3.70. The topological polar surface area (TPSA) is 36.2 Å². The maximum absolute atomic E-state index is 11.2. The van der Waals surface area contributed by atoms with Crippen molar-refractivity contribution in [3.63, 3.8) is 0 Å². The van der Waals surface area contributed by atoms with Gasteiger partial charge in [-0.1, -0.05) is 24.3 Å². The molecular weight excluding hydrogens is 308 g/mol. The average Bonchev–Trinajstić information content (AvgIpc) is 2.95. The zero-order valence-electron chi connectivity index (χ0n) is 13.4. The molecule has 0 spiro atoms. The second kappa shape index (κ2) is 7.13. The largest absolute Gasteiger partial charge is 0.469 e. The lowest BCUT2D eigenvalue weighted by Gasteiger charge is -2.25. The lowest BCUT2D eigenvalue weighted by Crippen LogP contribution is -2.18. The van der Waals surface area contributed by atoms with Crippen LogP contribution in [0.4, 0.5) is 0 Å². The van der Waals surface area contributed by atoms with Gasteiger partial charge in [0.2, 0.25) is 0 Å². The van der Waals surface area contributed by atoms with Gasteiger partial charge in [-0.2, -0.15) is 0 Å². The number of carbonyl (C=O) groups is 1. The first-order valence-corrected chi connectivity index (χ1v) is 8.50. The number of aryl methyl sites for hydroxylation is 2. The normalized spacial score (nSPS) is 16.8. The molecule has 2 aromatic rings.